The zero-order chi connectivity index (χ0) is 41.6. The highest BCUT2D eigenvalue weighted by atomic mass is 127. The van der Waals surface area contributed by atoms with Crippen LogP contribution in [0.25, 0.3) is 0 Å². The number of carbonyl (C=O) groups is 5. The second-order valence-electron chi connectivity index (χ2n) is 15.8. The molecule has 0 aromatic heterocycles. The predicted molar refractivity (Wildman–Crippen MR) is 224 cm³/mol. The normalized spacial score (nSPS) is 18.3. The molecule has 1 aromatic carbocycles. The second-order valence-corrected chi connectivity index (χ2v) is 16.3. The molecule has 8 atom stereocenters. The van der Waals surface area contributed by atoms with Gasteiger partial charge in [0.15, 0.2) is 0 Å². The van der Waals surface area contributed by atoms with Crippen LogP contribution in [0, 0.1) is 23.7 Å². The van der Waals surface area contributed by atoms with Crippen LogP contribution in [0.5, 0.6) is 0 Å². The molecule has 1 aliphatic rings. The molecule has 0 saturated carbocycles. The lowest BCUT2D eigenvalue weighted by Gasteiger charge is -2.41. The molecule has 5 amide bonds. The van der Waals surface area contributed by atoms with E-state index in [0.29, 0.717) is 19.5 Å². The third-order valence-corrected chi connectivity index (χ3v) is 11.5. The van der Waals surface area contributed by atoms with E-state index in [1.807, 2.05) is 84.8 Å². The fourth-order valence-electron chi connectivity index (χ4n) is 7.69. The minimum absolute atomic E-state index is 0.0167. The first kappa shape index (κ1) is 48.1. The number of nitrogens with zero attached hydrogens (tertiary/aromatic N) is 3. The number of ether oxygens (including phenoxy) is 2. The maximum Gasteiger partial charge on any atom is 0.245 e. The van der Waals surface area contributed by atoms with E-state index in [9.17, 15) is 24.0 Å². The summed E-state index contributed by atoms with van der Waals surface area (Å²) >= 11 is 2.05. The van der Waals surface area contributed by atoms with Crippen LogP contribution < -0.4 is 19.5 Å². The minimum Gasteiger partial charge on any atom is -0.379 e. The molecule has 1 aliphatic heterocycles. The standard InChI is InChI=1S/C40H68IN7O7/c1-13-26(6)36(47(10)40(53)34(24(2)3)44-39(52)35(25(4)5)46(8)9)31(54-11)21-33(50)48-20-14-15-30(48)37(55-12)27(7)38(51)43-23-32(49)42-22-28-16-18-29(45-41)19-17-28/h16-19,24-27,30-31,34-37,45H,13-15,20-23H2,1-12H3,(H,42,49)(H,43,51)(H,44,52)/t26-,27+,30-,31+,34-,35-,36-,37+/m0/s1. The first-order valence-corrected chi connectivity index (χ1v) is 20.6. The van der Waals surface area contributed by atoms with Gasteiger partial charge < -0.3 is 38.8 Å². The maximum atomic E-state index is 14.2. The van der Waals surface area contributed by atoms with Gasteiger partial charge in [0.25, 0.3) is 0 Å². The lowest BCUT2D eigenvalue weighted by Crippen LogP contribution is -2.59. The number of benzene rings is 1. The summed E-state index contributed by atoms with van der Waals surface area (Å²) < 4.78 is 14.9. The molecule has 2 rings (SSSR count). The van der Waals surface area contributed by atoms with Crippen LogP contribution in [0.1, 0.15) is 79.7 Å². The fraction of sp³-hybridized carbons (Fsp3) is 0.725. The van der Waals surface area contributed by atoms with Crippen molar-refractivity contribution >= 4 is 58.1 Å². The van der Waals surface area contributed by atoms with Crippen LogP contribution in [0.4, 0.5) is 5.69 Å². The number of rotatable bonds is 22. The fourth-order valence-corrected chi connectivity index (χ4v) is 8.05. The van der Waals surface area contributed by atoms with Crippen LogP contribution >= 0.6 is 22.9 Å². The lowest BCUT2D eigenvalue weighted by atomic mass is 9.89. The zero-order valence-corrected chi connectivity index (χ0v) is 37.3. The number of amides is 5. The molecule has 1 fully saturated rings. The summed E-state index contributed by atoms with van der Waals surface area (Å²) in [7, 11) is 8.52. The molecule has 15 heteroatoms. The Balaban J connectivity index is 2.15. The van der Waals surface area contributed by atoms with Gasteiger partial charge in [-0.15, -0.1) is 0 Å². The van der Waals surface area contributed by atoms with Gasteiger partial charge in [0.05, 0.1) is 72.1 Å². The van der Waals surface area contributed by atoms with Crippen molar-refractivity contribution < 1.29 is 33.4 Å². The van der Waals surface area contributed by atoms with Gasteiger partial charge in [0.2, 0.25) is 29.5 Å². The van der Waals surface area contributed by atoms with Gasteiger partial charge in [-0.1, -0.05) is 67.0 Å². The van der Waals surface area contributed by atoms with Crippen molar-refractivity contribution in [2.45, 2.75) is 117 Å². The number of hydrogen-bond donors (Lipinski definition) is 4. The van der Waals surface area contributed by atoms with E-state index in [4.69, 9.17) is 9.47 Å². The summed E-state index contributed by atoms with van der Waals surface area (Å²) in [5, 5.41) is 8.59. The molecular formula is C40H68IN7O7. The van der Waals surface area contributed by atoms with Crippen LogP contribution in [0.15, 0.2) is 24.3 Å². The highest BCUT2D eigenvalue weighted by molar-refractivity contribution is 14.1. The van der Waals surface area contributed by atoms with Crippen molar-refractivity contribution in [1.29, 1.82) is 0 Å². The predicted octanol–water partition coefficient (Wildman–Crippen LogP) is 3.83. The summed E-state index contributed by atoms with van der Waals surface area (Å²) in [6, 6.07) is 5.67. The third-order valence-electron chi connectivity index (χ3n) is 10.9. The van der Waals surface area contributed by atoms with Gasteiger partial charge in [-0.05, 0) is 62.4 Å². The number of hydrogen-bond acceptors (Lipinski definition) is 9. The monoisotopic (exact) mass is 885 g/mol. The van der Waals surface area contributed by atoms with Gasteiger partial charge in [-0.2, -0.15) is 0 Å². The first-order chi connectivity index (χ1) is 25.9. The summed E-state index contributed by atoms with van der Waals surface area (Å²) in [5.74, 6) is -2.07. The Morgan fingerprint density at radius 1 is 0.909 bits per heavy atom. The number of carbonyl (C=O) groups excluding carboxylic acids is 5. The number of likely N-dealkylation sites (tertiary alicyclic amines) is 1. The Morgan fingerprint density at radius 2 is 1.55 bits per heavy atom. The Kier molecular flexibility index (Phi) is 20.4. The summed E-state index contributed by atoms with van der Waals surface area (Å²) in [4.78, 5) is 72.9. The average molecular weight is 886 g/mol. The Labute approximate surface area is 343 Å². The molecule has 0 radical (unpaired) electrons. The minimum atomic E-state index is -0.766. The van der Waals surface area contributed by atoms with Gasteiger partial charge in [-0.3, -0.25) is 28.9 Å². The Morgan fingerprint density at radius 3 is 2.05 bits per heavy atom. The number of likely N-dealkylation sites (N-methyl/N-ethyl adjacent to an activating group) is 2. The van der Waals surface area contributed by atoms with Crippen LogP contribution in [0.3, 0.4) is 0 Å². The van der Waals surface area contributed by atoms with Crippen molar-refractivity contribution in [3.8, 4) is 0 Å². The molecule has 14 nitrogen and oxygen atoms in total. The largest absolute Gasteiger partial charge is 0.379 e. The molecule has 0 unspecified atom stereocenters. The van der Waals surface area contributed by atoms with E-state index in [0.717, 1.165) is 24.1 Å². The van der Waals surface area contributed by atoms with Gasteiger partial charge in [-0.25, -0.2) is 0 Å². The van der Waals surface area contributed by atoms with Crippen molar-refractivity contribution in [1.82, 2.24) is 30.7 Å². The molecule has 312 valence electrons. The van der Waals surface area contributed by atoms with E-state index in [-0.39, 0.29) is 66.3 Å². The smallest absolute Gasteiger partial charge is 0.245 e. The van der Waals surface area contributed by atoms with E-state index < -0.39 is 36.3 Å². The number of anilines is 1. The quantitative estimate of drug-likeness (QED) is 0.100. The zero-order valence-electron chi connectivity index (χ0n) is 35.1. The molecule has 1 heterocycles. The van der Waals surface area contributed by atoms with Gasteiger partial charge in [0.1, 0.15) is 6.04 Å². The van der Waals surface area contributed by atoms with E-state index in [2.05, 4.69) is 42.3 Å². The summed E-state index contributed by atoms with van der Waals surface area (Å²) in [5.41, 5.74) is 1.89. The summed E-state index contributed by atoms with van der Waals surface area (Å²) in [6.45, 7) is 14.2. The van der Waals surface area contributed by atoms with Crippen LogP contribution in [-0.4, -0.2) is 129 Å². The molecular weight excluding hydrogens is 817 g/mol. The highest BCUT2D eigenvalue weighted by Crippen LogP contribution is 2.29. The molecule has 55 heavy (non-hydrogen) atoms. The Hall–Kier alpha value is -3.02. The highest BCUT2D eigenvalue weighted by Gasteiger charge is 2.43. The molecule has 1 saturated heterocycles. The molecule has 0 spiro atoms. The van der Waals surface area contributed by atoms with Crippen molar-refractivity contribution in [2.75, 3.05) is 52.0 Å². The van der Waals surface area contributed by atoms with Crippen LogP contribution in [-0.2, 0) is 40.0 Å². The van der Waals surface area contributed by atoms with Gasteiger partial charge >= 0.3 is 0 Å². The molecule has 0 aliphatic carbocycles. The van der Waals surface area contributed by atoms with Crippen LogP contribution in [0.2, 0.25) is 0 Å². The number of methoxy groups -OCH3 is 2. The maximum absolute atomic E-state index is 14.2. The molecule has 0 bridgehead atoms. The van der Waals surface area contributed by atoms with E-state index in [1.165, 1.54) is 7.11 Å². The second kappa shape index (κ2) is 23.3. The molecule has 1 aromatic rings. The Bertz CT molecular complexity index is 1390. The third kappa shape index (κ3) is 13.6. The first-order valence-electron chi connectivity index (χ1n) is 19.5. The number of halogens is 1. The van der Waals surface area contributed by atoms with Crippen molar-refractivity contribution in [2.24, 2.45) is 23.7 Å². The summed E-state index contributed by atoms with van der Waals surface area (Å²) in [6.07, 6.45) is 0.904. The van der Waals surface area contributed by atoms with E-state index >= 15 is 0 Å². The average Bonchev–Trinajstić information content (AvgIpc) is 3.64. The topological polar surface area (TPSA) is 162 Å². The van der Waals surface area contributed by atoms with Crippen molar-refractivity contribution in [3.63, 3.8) is 0 Å². The SMILES string of the molecule is CC[C@H](C)[C@@H]([C@@H](CC(=O)N1CCC[C@H]1[C@H](OC)[C@@H](C)C(=O)NCC(=O)NCc1ccc(NI)cc1)OC)N(C)C(=O)[C@@H](NC(=O)[C@H](C(C)C)N(C)C)C(C)C. The number of nitrogens with one attached hydrogen (secondary N) is 4. The van der Waals surface area contributed by atoms with Crippen molar-refractivity contribution in [3.05, 3.63) is 29.8 Å². The van der Waals surface area contributed by atoms with E-state index in [1.54, 1.807) is 30.9 Å². The van der Waals surface area contributed by atoms with Gasteiger partial charge in [0, 0.05) is 40.0 Å². The molecule has 4 N–H and O–H groups in total. The lowest BCUT2D eigenvalue weighted by molar-refractivity contribution is -0.148.